The zero-order valence-electron chi connectivity index (χ0n) is 11.0. The summed E-state index contributed by atoms with van der Waals surface area (Å²) in [6.45, 7) is 6.61. The molecule has 0 spiro atoms. The highest BCUT2D eigenvalue weighted by Crippen LogP contribution is 2.28. The standard InChI is InChI=1S/C15H20O2/c1-5-7-12(3)10-13-8-9-14(17-6-2)15(11-13)16-4/h8-9,11-12H,6,10H2,1-4H3. The molecule has 1 rings (SSSR count). The van der Waals surface area contributed by atoms with Crippen LogP contribution in [-0.4, -0.2) is 13.7 Å². The van der Waals surface area contributed by atoms with Crippen LogP contribution in [0.4, 0.5) is 0 Å². The molecule has 0 aliphatic carbocycles. The Morgan fingerprint density at radius 2 is 2.06 bits per heavy atom. The predicted octanol–water partition coefficient (Wildman–Crippen LogP) is 3.30. The third-order valence-electron chi connectivity index (χ3n) is 2.46. The first-order chi connectivity index (χ1) is 8.21. The van der Waals surface area contributed by atoms with Gasteiger partial charge in [-0.2, -0.15) is 0 Å². The van der Waals surface area contributed by atoms with Crippen molar-refractivity contribution in [3.63, 3.8) is 0 Å². The molecule has 0 saturated carbocycles. The summed E-state index contributed by atoms with van der Waals surface area (Å²) in [5.41, 5.74) is 1.22. The zero-order chi connectivity index (χ0) is 12.7. The van der Waals surface area contributed by atoms with E-state index < -0.39 is 0 Å². The number of methoxy groups -OCH3 is 1. The highest BCUT2D eigenvalue weighted by molar-refractivity contribution is 5.43. The number of ether oxygens (including phenoxy) is 2. The minimum Gasteiger partial charge on any atom is -0.493 e. The van der Waals surface area contributed by atoms with Gasteiger partial charge in [-0.1, -0.05) is 13.0 Å². The lowest BCUT2D eigenvalue weighted by molar-refractivity contribution is 0.310. The van der Waals surface area contributed by atoms with E-state index in [0.717, 1.165) is 17.9 Å². The molecule has 2 heteroatoms. The van der Waals surface area contributed by atoms with Crippen molar-refractivity contribution in [3.8, 4) is 23.3 Å². The van der Waals surface area contributed by atoms with E-state index in [-0.39, 0.29) is 0 Å². The maximum atomic E-state index is 5.48. The molecule has 0 bridgehead atoms. The van der Waals surface area contributed by atoms with Crippen LogP contribution < -0.4 is 9.47 Å². The number of benzene rings is 1. The van der Waals surface area contributed by atoms with Gasteiger partial charge in [0.2, 0.25) is 0 Å². The summed E-state index contributed by atoms with van der Waals surface area (Å²) in [5, 5.41) is 0. The summed E-state index contributed by atoms with van der Waals surface area (Å²) in [6, 6.07) is 6.06. The van der Waals surface area contributed by atoms with Gasteiger partial charge in [-0.3, -0.25) is 0 Å². The first-order valence-electron chi connectivity index (χ1n) is 5.93. The molecule has 1 atom stereocenters. The molecule has 0 fully saturated rings. The Morgan fingerprint density at radius 1 is 1.29 bits per heavy atom. The molecule has 0 radical (unpaired) electrons. The zero-order valence-corrected chi connectivity index (χ0v) is 11.0. The van der Waals surface area contributed by atoms with Crippen LogP contribution in [0.15, 0.2) is 18.2 Å². The minimum absolute atomic E-state index is 0.364. The normalized spacial score (nSPS) is 11.3. The molecule has 0 amide bonds. The predicted molar refractivity (Wildman–Crippen MR) is 70.5 cm³/mol. The van der Waals surface area contributed by atoms with Crippen LogP contribution in [0, 0.1) is 17.8 Å². The maximum Gasteiger partial charge on any atom is 0.161 e. The van der Waals surface area contributed by atoms with Gasteiger partial charge in [0, 0.05) is 5.92 Å². The minimum atomic E-state index is 0.364. The van der Waals surface area contributed by atoms with Gasteiger partial charge in [-0.25, -0.2) is 0 Å². The number of hydrogen-bond donors (Lipinski definition) is 0. The first-order valence-corrected chi connectivity index (χ1v) is 5.93. The third-order valence-corrected chi connectivity index (χ3v) is 2.46. The average Bonchev–Trinajstić information content (AvgIpc) is 2.31. The average molecular weight is 232 g/mol. The van der Waals surface area contributed by atoms with Crippen LogP contribution in [0.25, 0.3) is 0 Å². The van der Waals surface area contributed by atoms with E-state index >= 15 is 0 Å². The molecule has 0 N–H and O–H groups in total. The van der Waals surface area contributed by atoms with Gasteiger partial charge in [-0.05, 0) is 38.0 Å². The van der Waals surface area contributed by atoms with E-state index in [1.54, 1.807) is 7.11 Å². The fraction of sp³-hybridized carbons (Fsp3) is 0.467. The molecule has 1 unspecified atom stereocenters. The van der Waals surface area contributed by atoms with Crippen LogP contribution in [0.3, 0.4) is 0 Å². The number of rotatable bonds is 5. The summed E-state index contributed by atoms with van der Waals surface area (Å²) in [4.78, 5) is 0. The van der Waals surface area contributed by atoms with Gasteiger partial charge in [-0.15, -0.1) is 11.8 Å². The maximum absolute atomic E-state index is 5.48. The van der Waals surface area contributed by atoms with Crippen LogP contribution in [-0.2, 0) is 6.42 Å². The monoisotopic (exact) mass is 232 g/mol. The molecular weight excluding hydrogens is 212 g/mol. The van der Waals surface area contributed by atoms with Crippen LogP contribution in [0.1, 0.15) is 26.3 Å². The SMILES string of the molecule is CC#CC(C)Cc1ccc(OCC)c(OC)c1. The molecule has 0 heterocycles. The molecule has 0 aliphatic heterocycles. The smallest absolute Gasteiger partial charge is 0.161 e. The van der Waals surface area contributed by atoms with Crippen LogP contribution >= 0.6 is 0 Å². The Balaban J connectivity index is 2.84. The lowest BCUT2D eigenvalue weighted by Gasteiger charge is -2.11. The largest absolute Gasteiger partial charge is 0.493 e. The fourth-order valence-corrected chi connectivity index (χ4v) is 1.76. The summed E-state index contributed by atoms with van der Waals surface area (Å²) in [5.74, 6) is 8.05. The van der Waals surface area contributed by atoms with Crippen molar-refractivity contribution in [1.29, 1.82) is 0 Å². The van der Waals surface area contributed by atoms with E-state index in [0.29, 0.717) is 12.5 Å². The van der Waals surface area contributed by atoms with E-state index in [4.69, 9.17) is 9.47 Å². The highest BCUT2D eigenvalue weighted by Gasteiger charge is 2.07. The van der Waals surface area contributed by atoms with E-state index in [9.17, 15) is 0 Å². The van der Waals surface area contributed by atoms with Gasteiger partial charge < -0.3 is 9.47 Å². The van der Waals surface area contributed by atoms with Crippen molar-refractivity contribution >= 4 is 0 Å². The summed E-state index contributed by atoms with van der Waals surface area (Å²) >= 11 is 0. The van der Waals surface area contributed by atoms with E-state index in [1.807, 2.05) is 26.0 Å². The summed E-state index contributed by atoms with van der Waals surface area (Å²) < 4.78 is 10.8. The quantitative estimate of drug-likeness (QED) is 0.725. The van der Waals surface area contributed by atoms with Crippen molar-refractivity contribution in [2.45, 2.75) is 27.2 Å². The topological polar surface area (TPSA) is 18.5 Å². The Labute approximate surface area is 104 Å². The van der Waals surface area contributed by atoms with E-state index in [1.165, 1.54) is 5.56 Å². The fourth-order valence-electron chi connectivity index (χ4n) is 1.76. The highest BCUT2D eigenvalue weighted by atomic mass is 16.5. The van der Waals surface area contributed by atoms with Crippen molar-refractivity contribution in [2.75, 3.05) is 13.7 Å². The first kappa shape index (κ1) is 13.4. The Kier molecular flexibility index (Phi) is 5.42. The second-order valence-electron chi connectivity index (χ2n) is 3.92. The molecule has 17 heavy (non-hydrogen) atoms. The van der Waals surface area contributed by atoms with Gasteiger partial charge in [0.15, 0.2) is 11.5 Å². The molecule has 1 aromatic carbocycles. The molecule has 0 aliphatic rings. The van der Waals surface area contributed by atoms with Crippen LogP contribution in [0.5, 0.6) is 11.5 Å². The lowest BCUT2D eigenvalue weighted by Crippen LogP contribution is -1.99. The second kappa shape index (κ2) is 6.85. The van der Waals surface area contributed by atoms with E-state index in [2.05, 4.69) is 24.8 Å². The van der Waals surface area contributed by atoms with Gasteiger partial charge in [0.1, 0.15) is 0 Å². The molecule has 0 aromatic heterocycles. The van der Waals surface area contributed by atoms with Crippen molar-refractivity contribution < 1.29 is 9.47 Å². The van der Waals surface area contributed by atoms with Crippen molar-refractivity contribution in [2.24, 2.45) is 5.92 Å². The van der Waals surface area contributed by atoms with Gasteiger partial charge in [0.25, 0.3) is 0 Å². The molecule has 2 nitrogen and oxygen atoms in total. The van der Waals surface area contributed by atoms with Crippen LogP contribution in [0.2, 0.25) is 0 Å². The number of hydrogen-bond acceptors (Lipinski definition) is 2. The van der Waals surface area contributed by atoms with Crippen molar-refractivity contribution in [3.05, 3.63) is 23.8 Å². The Hall–Kier alpha value is -1.62. The van der Waals surface area contributed by atoms with Gasteiger partial charge >= 0.3 is 0 Å². The third kappa shape index (κ3) is 4.03. The summed E-state index contributed by atoms with van der Waals surface area (Å²) in [6.07, 6.45) is 0.934. The summed E-state index contributed by atoms with van der Waals surface area (Å²) in [7, 11) is 1.66. The second-order valence-corrected chi connectivity index (χ2v) is 3.92. The molecule has 92 valence electrons. The lowest BCUT2D eigenvalue weighted by atomic mass is 10.0. The molecule has 0 saturated heterocycles. The van der Waals surface area contributed by atoms with Crippen molar-refractivity contribution in [1.82, 2.24) is 0 Å². The molecule has 1 aromatic rings. The van der Waals surface area contributed by atoms with Gasteiger partial charge in [0.05, 0.1) is 13.7 Å². The Morgan fingerprint density at radius 3 is 2.65 bits per heavy atom. The molecular formula is C15H20O2. The Bertz CT molecular complexity index is 413.